The van der Waals surface area contributed by atoms with Crippen molar-refractivity contribution in [1.29, 1.82) is 0 Å². The van der Waals surface area contributed by atoms with Gasteiger partial charge in [-0.15, -0.1) is 0 Å². The molecule has 0 unspecified atom stereocenters. The van der Waals surface area contributed by atoms with Gasteiger partial charge in [0.2, 0.25) is 5.91 Å². The SMILES string of the molecule is C=CC(=O)Nc1cc2c(N(C(=O)c3ccccc3N)c3ccccn3)ncnc2cc1OC. The summed E-state index contributed by atoms with van der Waals surface area (Å²) in [6, 6.07) is 15.2. The standard InChI is InChI=1S/C24H20N6O3/c1-3-22(31)29-19-12-16-18(13-20(19)33-2)27-14-28-23(16)30(21-10-6-7-11-26-21)24(32)15-8-4-5-9-17(15)25/h3-14H,1,25H2,2H3,(H,29,31). The van der Waals surface area contributed by atoms with Crippen LogP contribution >= 0.6 is 0 Å². The van der Waals surface area contributed by atoms with Crippen molar-refractivity contribution in [3.63, 3.8) is 0 Å². The summed E-state index contributed by atoms with van der Waals surface area (Å²) in [5.74, 6) is 0.174. The van der Waals surface area contributed by atoms with E-state index in [9.17, 15) is 9.59 Å². The molecule has 33 heavy (non-hydrogen) atoms. The quantitative estimate of drug-likeness (QED) is 0.346. The number of fused-ring (bicyclic) bond motifs is 1. The second-order valence-corrected chi connectivity index (χ2v) is 6.88. The Morgan fingerprint density at radius 1 is 1.09 bits per heavy atom. The number of pyridine rings is 1. The number of anilines is 4. The number of nitrogens with one attached hydrogen (secondary N) is 1. The molecule has 0 aliphatic rings. The zero-order valence-corrected chi connectivity index (χ0v) is 17.7. The Kier molecular flexibility index (Phi) is 5.94. The molecular formula is C24H20N6O3. The predicted molar refractivity (Wildman–Crippen MR) is 126 cm³/mol. The number of rotatable bonds is 6. The van der Waals surface area contributed by atoms with Gasteiger partial charge in [0.15, 0.2) is 5.82 Å². The van der Waals surface area contributed by atoms with Crippen LogP contribution in [0.5, 0.6) is 5.75 Å². The van der Waals surface area contributed by atoms with Crippen molar-refractivity contribution in [3.8, 4) is 5.75 Å². The van der Waals surface area contributed by atoms with Crippen LogP contribution in [0.1, 0.15) is 10.4 Å². The Morgan fingerprint density at radius 2 is 1.88 bits per heavy atom. The number of nitrogen functional groups attached to an aromatic ring is 1. The van der Waals surface area contributed by atoms with E-state index in [0.717, 1.165) is 6.08 Å². The van der Waals surface area contributed by atoms with E-state index in [-0.39, 0.29) is 5.82 Å². The van der Waals surface area contributed by atoms with E-state index in [2.05, 4.69) is 26.8 Å². The fraction of sp³-hybridized carbons (Fsp3) is 0.0417. The largest absolute Gasteiger partial charge is 0.494 e. The minimum Gasteiger partial charge on any atom is -0.494 e. The first-order valence-corrected chi connectivity index (χ1v) is 9.89. The molecule has 3 N–H and O–H groups in total. The van der Waals surface area contributed by atoms with Gasteiger partial charge in [0.25, 0.3) is 5.91 Å². The molecule has 9 nitrogen and oxygen atoms in total. The molecule has 2 aromatic carbocycles. The van der Waals surface area contributed by atoms with E-state index in [4.69, 9.17) is 10.5 Å². The molecule has 4 rings (SSSR count). The Balaban J connectivity index is 1.96. The van der Waals surface area contributed by atoms with Gasteiger partial charge in [0, 0.05) is 23.3 Å². The van der Waals surface area contributed by atoms with Crippen LogP contribution in [0.4, 0.5) is 23.0 Å². The van der Waals surface area contributed by atoms with Crippen molar-refractivity contribution in [1.82, 2.24) is 15.0 Å². The maximum absolute atomic E-state index is 13.7. The molecule has 4 aromatic rings. The molecule has 0 fully saturated rings. The third-order valence-electron chi connectivity index (χ3n) is 4.86. The van der Waals surface area contributed by atoms with Crippen LogP contribution in [0.25, 0.3) is 10.9 Å². The topological polar surface area (TPSA) is 123 Å². The highest BCUT2D eigenvalue weighted by Crippen LogP contribution is 2.36. The first kappa shape index (κ1) is 21.4. The van der Waals surface area contributed by atoms with Crippen LogP contribution in [0, 0.1) is 0 Å². The Labute approximate surface area is 189 Å². The number of aromatic nitrogens is 3. The third-order valence-corrected chi connectivity index (χ3v) is 4.86. The van der Waals surface area contributed by atoms with Crippen molar-refractivity contribution < 1.29 is 14.3 Å². The number of carbonyl (C=O) groups excluding carboxylic acids is 2. The summed E-state index contributed by atoms with van der Waals surface area (Å²) in [6.45, 7) is 3.47. The van der Waals surface area contributed by atoms with Gasteiger partial charge in [-0.2, -0.15) is 0 Å². The van der Waals surface area contributed by atoms with Gasteiger partial charge >= 0.3 is 0 Å². The monoisotopic (exact) mass is 440 g/mol. The molecule has 2 amide bonds. The number of methoxy groups -OCH3 is 1. The van der Waals surface area contributed by atoms with Crippen molar-refractivity contribution in [3.05, 3.63) is 85.3 Å². The molecule has 0 bridgehead atoms. The zero-order chi connectivity index (χ0) is 23.4. The molecule has 0 saturated heterocycles. The van der Waals surface area contributed by atoms with Gasteiger partial charge in [-0.3, -0.25) is 9.59 Å². The highest BCUT2D eigenvalue weighted by molar-refractivity contribution is 6.16. The number of nitrogens with two attached hydrogens (primary N) is 1. The molecule has 2 aromatic heterocycles. The van der Waals surface area contributed by atoms with Crippen molar-refractivity contribution in [2.24, 2.45) is 0 Å². The first-order valence-electron chi connectivity index (χ1n) is 9.89. The van der Waals surface area contributed by atoms with E-state index in [1.165, 1.54) is 18.3 Å². The average Bonchev–Trinajstić information content (AvgIpc) is 2.84. The highest BCUT2D eigenvalue weighted by atomic mass is 16.5. The zero-order valence-electron chi connectivity index (χ0n) is 17.7. The second kappa shape index (κ2) is 9.15. The second-order valence-electron chi connectivity index (χ2n) is 6.88. The molecule has 0 spiro atoms. The fourth-order valence-corrected chi connectivity index (χ4v) is 3.31. The van der Waals surface area contributed by atoms with Gasteiger partial charge in [0.05, 0.1) is 23.9 Å². The molecule has 0 aliphatic heterocycles. The lowest BCUT2D eigenvalue weighted by molar-refractivity contribution is -0.111. The summed E-state index contributed by atoms with van der Waals surface area (Å²) in [6.07, 6.45) is 4.07. The molecule has 0 atom stereocenters. The van der Waals surface area contributed by atoms with Gasteiger partial charge in [-0.1, -0.05) is 24.8 Å². The van der Waals surface area contributed by atoms with E-state index in [1.807, 2.05) is 0 Å². The lowest BCUT2D eigenvalue weighted by atomic mass is 10.1. The number of hydrogen-bond acceptors (Lipinski definition) is 7. The van der Waals surface area contributed by atoms with Crippen LogP contribution in [-0.4, -0.2) is 33.9 Å². The molecular weight excluding hydrogens is 420 g/mol. The number of nitrogens with zero attached hydrogens (tertiary/aromatic N) is 4. The van der Waals surface area contributed by atoms with Crippen LogP contribution in [0.3, 0.4) is 0 Å². The number of para-hydroxylation sites is 1. The number of ether oxygens (including phenoxy) is 1. The van der Waals surface area contributed by atoms with E-state index >= 15 is 0 Å². The van der Waals surface area contributed by atoms with Gasteiger partial charge < -0.3 is 15.8 Å². The van der Waals surface area contributed by atoms with Gasteiger partial charge in [-0.05, 0) is 36.4 Å². The number of amides is 2. The summed E-state index contributed by atoms with van der Waals surface area (Å²) < 4.78 is 5.40. The molecule has 0 radical (unpaired) electrons. The summed E-state index contributed by atoms with van der Waals surface area (Å²) in [4.78, 5) is 40.1. The maximum Gasteiger partial charge on any atom is 0.267 e. The first-order chi connectivity index (χ1) is 16.0. The van der Waals surface area contributed by atoms with Crippen molar-refractivity contribution >= 4 is 45.7 Å². The van der Waals surface area contributed by atoms with Crippen molar-refractivity contribution in [2.75, 3.05) is 23.1 Å². The smallest absolute Gasteiger partial charge is 0.267 e. The van der Waals surface area contributed by atoms with E-state index in [0.29, 0.717) is 39.4 Å². The summed E-state index contributed by atoms with van der Waals surface area (Å²) in [5, 5.41) is 3.19. The molecule has 0 saturated carbocycles. The van der Waals surface area contributed by atoms with Crippen LogP contribution < -0.4 is 20.7 Å². The molecule has 9 heteroatoms. The summed E-state index contributed by atoms with van der Waals surface area (Å²) in [7, 11) is 1.48. The lowest BCUT2D eigenvalue weighted by Gasteiger charge is -2.23. The minimum atomic E-state index is -0.417. The maximum atomic E-state index is 13.7. The van der Waals surface area contributed by atoms with E-state index < -0.39 is 11.8 Å². The predicted octanol–water partition coefficient (Wildman–Crippen LogP) is 3.72. The normalized spacial score (nSPS) is 10.5. The highest BCUT2D eigenvalue weighted by Gasteiger charge is 2.26. The summed E-state index contributed by atoms with van der Waals surface area (Å²) in [5.41, 5.74) is 7.58. The third kappa shape index (κ3) is 4.19. The van der Waals surface area contributed by atoms with E-state index in [1.54, 1.807) is 60.8 Å². The lowest BCUT2D eigenvalue weighted by Crippen LogP contribution is -2.28. The van der Waals surface area contributed by atoms with Crippen LogP contribution in [0.15, 0.2) is 79.8 Å². The number of benzene rings is 2. The van der Waals surface area contributed by atoms with Crippen LogP contribution in [-0.2, 0) is 4.79 Å². The number of carbonyl (C=O) groups is 2. The van der Waals surface area contributed by atoms with Crippen LogP contribution in [0.2, 0.25) is 0 Å². The minimum absolute atomic E-state index is 0.267. The van der Waals surface area contributed by atoms with Crippen molar-refractivity contribution in [2.45, 2.75) is 0 Å². The van der Waals surface area contributed by atoms with Gasteiger partial charge in [-0.25, -0.2) is 19.9 Å². The Bertz CT molecular complexity index is 1360. The summed E-state index contributed by atoms with van der Waals surface area (Å²) >= 11 is 0. The molecule has 2 heterocycles. The molecule has 164 valence electrons. The number of hydrogen-bond donors (Lipinski definition) is 2. The average molecular weight is 440 g/mol. The molecule has 0 aliphatic carbocycles. The van der Waals surface area contributed by atoms with Gasteiger partial charge in [0.1, 0.15) is 17.9 Å². The Morgan fingerprint density at radius 3 is 2.58 bits per heavy atom. The Hall–Kier alpha value is -4.79. The fourth-order valence-electron chi connectivity index (χ4n) is 3.31.